The fourth-order valence-corrected chi connectivity index (χ4v) is 1.77. The number of amides is 1. The van der Waals surface area contributed by atoms with Crippen LogP contribution in [0.1, 0.15) is 38.3 Å². The zero-order valence-corrected chi connectivity index (χ0v) is 11.2. The molecule has 0 bridgehead atoms. The van der Waals surface area contributed by atoms with Crippen LogP contribution in [0.2, 0.25) is 0 Å². The molecule has 0 saturated carbocycles. The minimum atomic E-state index is -0.812. The molecule has 5 nitrogen and oxygen atoms in total. The number of pyridine rings is 1. The second kappa shape index (κ2) is 8.24. The van der Waals surface area contributed by atoms with Crippen molar-refractivity contribution in [3.05, 3.63) is 30.1 Å². The number of hydrogen-bond acceptors (Lipinski definition) is 3. The topological polar surface area (TPSA) is 70.5 Å². The predicted octanol–water partition coefficient (Wildman–Crippen LogP) is 2.08. The first-order valence-corrected chi connectivity index (χ1v) is 6.53. The molecule has 0 aliphatic heterocycles. The Morgan fingerprint density at radius 3 is 2.58 bits per heavy atom. The molecule has 0 aliphatic carbocycles. The van der Waals surface area contributed by atoms with E-state index in [9.17, 15) is 9.59 Å². The van der Waals surface area contributed by atoms with Crippen LogP contribution in [-0.2, 0) is 16.1 Å². The molecule has 0 radical (unpaired) electrons. The standard InChI is InChI=1S/C14H20N2O3/c1-2-16(11-12-7-5-6-10-15-12)13(17)8-3-4-9-14(18)19/h5-7,10H,2-4,8-9,11H2,1H3,(H,18,19). The molecule has 0 saturated heterocycles. The van der Waals surface area contributed by atoms with Gasteiger partial charge in [0.25, 0.3) is 0 Å². The van der Waals surface area contributed by atoms with E-state index in [4.69, 9.17) is 5.11 Å². The van der Waals surface area contributed by atoms with Gasteiger partial charge >= 0.3 is 5.97 Å². The summed E-state index contributed by atoms with van der Waals surface area (Å²) in [5, 5.41) is 8.53. The van der Waals surface area contributed by atoms with E-state index in [-0.39, 0.29) is 12.3 Å². The van der Waals surface area contributed by atoms with Crippen molar-refractivity contribution in [3.8, 4) is 0 Å². The van der Waals surface area contributed by atoms with Gasteiger partial charge in [0.15, 0.2) is 0 Å². The molecule has 0 fully saturated rings. The van der Waals surface area contributed by atoms with Crippen molar-refractivity contribution < 1.29 is 14.7 Å². The van der Waals surface area contributed by atoms with E-state index in [1.54, 1.807) is 11.1 Å². The van der Waals surface area contributed by atoms with Gasteiger partial charge in [-0.3, -0.25) is 14.6 Å². The van der Waals surface area contributed by atoms with Crippen LogP contribution in [0.5, 0.6) is 0 Å². The molecular formula is C14H20N2O3. The summed E-state index contributed by atoms with van der Waals surface area (Å²) in [6.45, 7) is 3.07. The van der Waals surface area contributed by atoms with Crippen LogP contribution in [0.4, 0.5) is 0 Å². The summed E-state index contributed by atoms with van der Waals surface area (Å²) in [7, 11) is 0. The number of nitrogens with zero attached hydrogens (tertiary/aromatic N) is 2. The first-order chi connectivity index (χ1) is 9.13. The van der Waals surface area contributed by atoms with Crippen molar-refractivity contribution in [1.29, 1.82) is 0 Å². The molecule has 104 valence electrons. The van der Waals surface area contributed by atoms with Crippen molar-refractivity contribution >= 4 is 11.9 Å². The second-order valence-electron chi connectivity index (χ2n) is 4.33. The van der Waals surface area contributed by atoms with E-state index in [0.717, 1.165) is 5.69 Å². The maximum absolute atomic E-state index is 12.0. The molecule has 19 heavy (non-hydrogen) atoms. The highest BCUT2D eigenvalue weighted by atomic mass is 16.4. The van der Waals surface area contributed by atoms with Crippen molar-refractivity contribution in [2.24, 2.45) is 0 Å². The van der Waals surface area contributed by atoms with Crippen molar-refractivity contribution in [1.82, 2.24) is 9.88 Å². The predicted molar refractivity (Wildman–Crippen MR) is 71.4 cm³/mol. The first-order valence-electron chi connectivity index (χ1n) is 6.53. The summed E-state index contributed by atoms with van der Waals surface area (Å²) in [5.74, 6) is -0.758. The molecular weight excluding hydrogens is 244 g/mol. The van der Waals surface area contributed by atoms with E-state index in [0.29, 0.717) is 32.4 Å². The number of carbonyl (C=O) groups is 2. The van der Waals surface area contributed by atoms with Crippen LogP contribution in [0.15, 0.2) is 24.4 Å². The number of aliphatic carboxylic acids is 1. The molecule has 1 amide bonds. The average molecular weight is 264 g/mol. The Labute approximate surface area is 113 Å². The van der Waals surface area contributed by atoms with Crippen LogP contribution in [0.25, 0.3) is 0 Å². The van der Waals surface area contributed by atoms with E-state index in [1.165, 1.54) is 0 Å². The van der Waals surface area contributed by atoms with Gasteiger partial charge in [-0.2, -0.15) is 0 Å². The summed E-state index contributed by atoms with van der Waals surface area (Å²) in [6, 6.07) is 5.63. The van der Waals surface area contributed by atoms with Crippen LogP contribution in [0.3, 0.4) is 0 Å². The second-order valence-corrected chi connectivity index (χ2v) is 4.33. The quantitative estimate of drug-likeness (QED) is 0.730. The molecule has 0 unspecified atom stereocenters. The van der Waals surface area contributed by atoms with Gasteiger partial charge in [0.05, 0.1) is 12.2 Å². The van der Waals surface area contributed by atoms with Crippen LogP contribution < -0.4 is 0 Å². The van der Waals surface area contributed by atoms with Gasteiger partial charge in [-0.05, 0) is 31.9 Å². The first kappa shape index (κ1) is 15.1. The van der Waals surface area contributed by atoms with Gasteiger partial charge in [0.1, 0.15) is 0 Å². The Kier molecular flexibility index (Phi) is 6.57. The van der Waals surface area contributed by atoms with E-state index < -0.39 is 5.97 Å². The Morgan fingerprint density at radius 1 is 1.26 bits per heavy atom. The van der Waals surface area contributed by atoms with Gasteiger partial charge in [0.2, 0.25) is 5.91 Å². The van der Waals surface area contributed by atoms with Crippen molar-refractivity contribution in [3.63, 3.8) is 0 Å². The van der Waals surface area contributed by atoms with Gasteiger partial charge in [0, 0.05) is 25.6 Å². The maximum atomic E-state index is 12.0. The van der Waals surface area contributed by atoms with Crippen molar-refractivity contribution in [2.45, 2.75) is 39.2 Å². The number of unbranched alkanes of at least 4 members (excludes halogenated alkanes) is 1. The molecule has 1 rings (SSSR count). The Hall–Kier alpha value is -1.91. The zero-order chi connectivity index (χ0) is 14.1. The molecule has 1 heterocycles. The zero-order valence-electron chi connectivity index (χ0n) is 11.2. The number of carbonyl (C=O) groups excluding carboxylic acids is 1. The van der Waals surface area contributed by atoms with E-state index in [1.807, 2.05) is 25.1 Å². The fraction of sp³-hybridized carbons (Fsp3) is 0.500. The lowest BCUT2D eigenvalue weighted by Gasteiger charge is -2.20. The lowest BCUT2D eigenvalue weighted by molar-refractivity contribution is -0.137. The highest BCUT2D eigenvalue weighted by Gasteiger charge is 2.12. The average Bonchev–Trinajstić information content (AvgIpc) is 2.41. The molecule has 0 aliphatic rings. The SMILES string of the molecule is CCN(Cc1ccccn1)C(=O)CCCCC(=O)O. The fourth-order valence-electron chi connectivity index (χ4n) is 1.77. The summed E-state index contributed by atoms with van der Waals surface area (Å²) >= 11 is 0. The number of hydrogen-bond donors (Lipinski definition) is 1. The minimum absolute atomic E-state index is 0.0542. The molecule has 1 aromatic heterocycles. The van der Waals surface area contributed by atoms with Gasteiger partial charge in [-0.15, -0.1) is 0 Å². The van der Waals surface area contributed by atoms with Crippen LogP contribution in [-0.4, -0.2) is 33.4 Å². The summed E-state index contributed by atoms with van der Waals surface area (Å²) in [4.78, 5) is 28.3. The molecule has 1 N–H and O–H groups in total. The number of aromatic nitrogens is 1. The normalized spacial score (nSPS) is 10.2. The Bertz CT molecular complexity index is 406. The van der Waals surface area contributed by atoms with Crippen molar-refractivity contribution in [2.75, 3.05) is 6.54 Å². The third-order valence-corrected chi connectivity index (χ3v) is 2.84. The van der Waals surface area contributed by atoms with Gasteiger partial charge < -0.3 is 10.0 Å². The van der Waals surface area contributed by atoms with E-state index in [2.05, 4.69) is 4.98 Å². The number of rotatable bonds is 8. The van der Waals surface area contributed by atoms with Crippen LogP contribution in [0, 0.1) is 0 Å². The number of carboxylic acids is 1. The maximum Gasteiger partial charge on any atom is 0.303 e. The monoisotopic (exact) mass is 264 g/mol. The summed E-state index contributed by atoms with van der Waals surface area (Å²) in [6.07, 6.45) is 3.39. The smallest absolute Gasteiger partial charge is 0.303 e. The third-order valence-electron chi connectivity index (χ3n) is 2.84. The van der Waals surface area contributed by atoms with E-state index >= 15 is 0 Å². The Balaban J connectivity index is 2.37. The minimum Gasteiger partial charge on any atom is -0.481 e. The summed E-state index contributed by atoms with van der Waals surface area (Å²) < 4.78 is 0. The molecule has 0 atom stereocenters. The molecule has 5 heteroatoms. The summed E-state index contributed by atoms with van der Waals surface area (Å²) in [5.41, 5.74) is 0.864. The third kappa shape index (κ3) is 5.99. The molecule has 0 spiro atoms. The van der Waals surface area contributed by atoms with Gasteiger partial charge in [-0.1, -0.05) is 6.07 Å². The largest absolute Gasteiger partial charge is 0.481 e. The Morgan fingerprint density at radius 2 is 2.00 bits per heavy atom. The molecule has 0 aromatic carbocycles. The molecule has 1 aromatic rings. The lowest BCUT2D eigenvalue weighted by atomic mass is 10.1. The van der Waals surface area contributed by atoms with Crippen LogP contribution >= 0.6 is 0 Å². The highest BCUT2D eigenvalue weighted by Crippen LogP contribution is 2.07. The van der Waals surface area contributed by atoms with Gasteiger partial charge in [-0.25, -0.2) is 0 Å². The number of carboxylic acid groups (broad SMARTS) is 1. The highest BCUT2D eigenvalue weighted by molar-refractivity contribution is 5.76. The lowest BCUT2D eigenvalue weighted by Crippen LogP contribution is -2.30.